The molecular formula is C23H26N2O5S2. The number of hydrogen-bond acceptors (Lipinski definition) is 6. The molecule has 0 spiro atoms. The van der Waals surface area contributed by atoms with Crippen molar-refractivity contribution in [2.45, 2.75) is 18.1 Å². The van der Waals surface area contributed by atoms with Crippen LogP contribution in [0.15, 0.2) is 64.2 Å². The Labute approximate surface area is 192 Å². The number of benzene rings is 2. The minimum Gasteiger partial charge on any atom is -0.491 e. The van der Waals surface area contributed by atoms with E-state index >= 15 is 0 Å². The van der Waals surface area contributed by atoms with Crippen molar-refractivity contribution in [1.29, 1.82) is 0 Å². The van der Waals surface area contributed by atoms with E-state index < -0.39 is 10.0 Å². The lowest BCUT2D eigenvalue weighted by atomic mass is 10.1. The molecule has 1 heterocycles. The Hall–Kier alpha value is -3.04. The summed E-state index contributed by atoms with van der Waals surface area (Å²) in [4.78, 5) is 12.0. The summed E-state index contributed by atoms with van der Waals surface area (Å²) in [7, 11) is -2.09. The van der Waals surface area contributed by atoms with E-state index in [0.29, 0.717) is 24.6 Å². The van der Waals surface area contributed by atoms with Crippen LogP contribution in [0, 0.1) is 13.8 Å². The maximum Gasteiger partial charge on any atom is 0.273 e. The van der Waals surface area contributed by atoms with Crippen LogP contribution in [0.5, 0.6) is 11.5 Å². The second kappa shape index (κ2) is 10.5. The zero-order chi connectivity index (χ0) is 23.1. The molecule has 2 aromatic carbocycles. The standard InChI is InChI=1S/C23H26N2O5S2/c1-17-6-4-7-18(2)23(17)29-14-13-24-21(26)16-30-20-11-9-19(10-12-20)25(3)32(27,28)22-8-5-15-31-22/h4-12,15H,13-14,16H2,1-3H3,(H,24,26). The van der Waals surface area contributed by atoms with Gasteiger partial charge in [-0.05, 0) is 60.7 Å². The van der Waals surface area contributed by atoms with Crippen LogP contribution in [0.3, 0.4) is 0 Å². The highest BCUT2D eigenvalue weighted by Crippen LogP contribution is 2.26. The molecule has 1 aromatic heterocycles. The minimum absolute atomic E-state index is 0.147. The molecule has 0 atom stereocenters. The number of para-hydroxylation sites is 1. The first-order chi connectivity index (χ1) is 15.3. The molecule has 0 aliphatic carbocycles. The molecule has 0 unspecified atom stereocenters. The summed E-state index contributed by atoms with van der Waals surface area (Å²) in [6, 6.07) is 15.7. The molecule has 170 valence electrons. The molecular weight excluding hydrogens is 448 g/mol. The van der Waals surface area contributed by atoms with Crippen molar-refractivity contribution >= 4 is 33.0 Å². The van der Waals surface area contributed by atoms with E-state index in [0.717, 1.165) is 16.9 Å². The predicted molar refractivity (Wildman–Crippen MR) is 126 cm³/mol. The summed E-state index contributed by atoms with van der Waals surface area (Å²) in [6.45, 7) is 4.54. The molecule has 0 aliphatic heterocycles. The summed E-state index contributed by atoms with van der Waals surface area (Å²) >= 11 is 1.17. The summed E-state index contributed by atoms with van der Waals surface area (Å²) in [6.07, 6.45) is 0. The third-order valence-electron chi connectivity index (χ3n) is 4.76. The zero-order valence-electron chi connectivity index (χ0n) is 18.2. The van der Waals surface area contributed by atoms with Gasteiger partial charge in [-0.25, -0.2) is 8.42 Å². The number of thiophene rings is 1. The van der Waals surface area contributed by atoms with Gasteiger partial charge in [0.2, 0.25) is 0 Å². The summed E-state index contributed by atoms with van der Waals surface area (Å²) in [5.74, 6) is 1.04. The van der Waals surface area contributed by atoms with Gasteiger partial charge >= 0.3 is 0 Å². The molecule has 32 heavy (non-hydrogen) atoms. The van der Waals surface area contributed by atoms with E-state index in [1.165, 1.54) is 22.7 Å². The second-order valence-corrected chi connectivity index (χ2v) is 10.3. The van der Waals surface area contributed by atoms with Gasteiger partial charge in [0.25, 0.3) is 15.9 Å². The first-order valence-corrected chi connectivity index (χ1v) is 12.3. The van der Waals surface area contributed by atoms with Crippen LogP contribution >= 0.6 is 11.3 Å². The van der Waals surface area contributed by atoms with Crippen LogP contribution in [-0.4, -0.2) is 41.1 Å². The third-order valence-corrected chi connectivity index (χ3v) is 7.92. The molecule has 0 saturated carbocycles. The molecule has 0 saturated heterocycles. The second-order valence-electron chi connectivity index (χ2n) is 7.11. The van der Waals surface area contributed by atoms with Gasteiger partial charge in [0.15, 0.2) is 6.61 Å². The van der Waals surface area contributed by atoms with Gasteiger partial charge in [-0.1, -0.05) is 24.3 Å². The molecule has 1 amide bonds. The van der Waals surface area contributed by atoms with E-state index in [4.69, 9.17) is 9.47 Å². The Morgan fingerprint density at radius 1 is 1.00 bits per heavy atom. The Morgan fingerprint density at radius 2 is 1.69 bits per heavy atom. The highest BCUT2D eigenvalue weighted by molar-refractivity contribution is 7.94. The van der Waals surface area contributed by atoms with Crippen LogP contribution < -0.4 is 19.1 Å². The average molecular weight is 475 g/mol. The lowest BCUT2D eigenvalue weighted by Gasteiger charge is -2.18. The van der Waals surface area contributed by atoms with Gasteiger partial charge in [-0.2, -0.15) is 0 Å². The van der Waals surface area contributed by atoms with Crippen molar-refractivity contribution in [3.05, 3.63) is 71.1 Å². The Balaban J connectivity index is 1.44. The number of ether oxygens (including phenoxy) is 2. The fraction of sp³-hybridized carbons (Fsp3) is 0.261. The van der Waals surface area contributed by atoms with E-state index in [-0.39, 0.29) is 16.7 Å². The Morgan fingerprint density at radius 3 is 2.31 bits per heavy atom. The normalized spacial score (nSPS) is 11.1. The Kier molecular flexibility index (Phi) is 7.76. The van der Waals surface area contributed by atoms with Crippen molar-refractivity contribution in [1.82, 2.24) is 5.32 Å². The monoisotopic (exact) mass is 474 g/mol. The Bertz CT molecular complexity index is 1120. The van der Waals surface area contributed by atoms with Gasteiger partial charge in [-0.15, -0.1) is 11.3 Å². The smallest absolute Gasteiger partial charge is 0.273 e. The van der Waals surface area contributed by atoms with Gasteiger partial charge in [0.1, 0.15) is 22.3 Å². The molecule has 0 aliphatic rings. The van der Waals surface area contributed by atoms with Gasteiger partial charge in [0.05, 0.1) is 12.2 Å². The number of aryl methyl sites for hydroxylation is 2. The maximum absolute atomic E-state index is 12.6. The van der Waals surface area contributed by atoms with Crippen molar-refractivity contribution in [3.63, 3.8) is 0 Å². The van der Waals surface area contributed by atoms with Crippen molar-refractivity contribution in [3.8, 4) is 11.5 Å². The summed E-state index contributed by atoms with van der Waals surface area (Å²) in [5, 5.41) is 4.47. The van der Waals surface area contributed by atoms with Crippen LogP contribution in [0.4, 0.5) is 5.69 Å². The first-order valence-electron chi connectivity index (χ1n) is 10.00. The first kappa shape index (κ1) is 23.6. The summed E-state index contributed by atoms with van der Waals surface area (Å²) in [5.41, 5.74) is 2.60. The van der Waals surface area contributed by atoms with Crippen LogP contribution in [0.2, 0.25) is 0 Å². The van der Waals surface area contributed by atoms with E-state index in [9.17, 15) is 13.2 Å². The SMILES string of the molecule is Cc1cccc(C)c1OCCNC(=O)COc1ccc(N(C)S(=O)(=O)c2cccs2)cc1. The quantitative estimate of drug-likeness (QED) is 0.452. The molecule has 3 rings (SSSR count). The third kappa shape index (κ3) is 5.80. The number of anilines is 1. The van der Waals surface area contributed by atoms with Crippen molar-refractivity contribution in [2.75, 3.05) is 31.1 Å². The molecule has 9 heteroatoms. The number of sulfonamides is 1. The lowest BCUT2D eigenvalue weighted by molar-refractivity contribution is -0.123. The lowest BCUT2D eigenvalue weighted by Crippen LogP contribution is -2.32. The topological polar surface area (TPSA) is 84.9 Å². The molecule has 3 aromatic rings. The number of amides is 1. The number of carbonyl (C=O) groups is 1. The average Bonchev–Trinajstić information content (AvgIpc) is 3.33. The number of carbonyl (C=O) groups excluding carboxylic acids is 1. The van der Waals surface area contributed by atoms with Crippen molar-refractivity contribution < 1.29 is 22.7 Å². The number of nitrogens with zero attached hydrogens (tertiary/aromatic N) is 1. The van der Waals surface area contributed by atoms with E-state index in [2.05, 4.69) is 5.32 Å². The highest BCUT2D eigenvalue weighted by atomic mass is 32.2. The van der Waals surface area contributed by atoms with Gasteiger partial charge in [-0.3, -0.25) is 9.10 Å². The molecule has 0 bridgehead atoms. The fourth-order valence-corrected chi connectivity index (χ4v) is 5.36. The molecule has 7 nitrogen and oxygen atoms in total. The van der Waals surface area contributed by atoms with Gasteiger partial charge < -0.3 is 14.8 Å². The fourth-order valence-electron chi connectivity index (χ4n) is 3.01. The highest BCUT2D eigenvalue weighted by Gasteiger charge is 2.22. The number of nitrogens with one attached hydrogen (secondary N) is 1. The minimum atomic E-state index is -3.59. The van der Waals surface area contributed by atoms with Crippen LogP contribution in [0.25, 0.3) is 0 Å². The zero-order valence-corrected chi connectivity index (χ0v) is 19.8. The number of rotatable bonds is 10. The van der Waals surface area contributed by atoms with Gasteiger partial charge in [0, 0.05) is 7.05 Å². The summed E-state index contributed by atoms with van der Waals surface area (Å²) < 4.78 is 37.9. The van der Waals surface area contributed by atoms with Crippen LogP contribution in [0.1, 0.15) is 11.1 Å². The predicted octanol–water partition coefficient (Wildman–Crippen LogP) is 3.76. The number of hydrogen-bond donors (Lipinski definition) is 1. The van der Waals surface area contributed by atoms with Crippen molar-refractivity contribution in [2.24, 2.45) is 0 Å². The van der Waals surface area contributed by atoms with Crippen LogP contribution in [-0.2, 0) is 14.8 Å². The van der Waals surface area contributed by atoms with E-state index in [1.807, 2.05) is 32.0 Å². The molecule has 0 radical (unpaired) electrons. The maximum atomic E-state index is 12.6. The molecule has 0 fully saturated rings. The largest absolute Gasteiger partial charge is 0.491 e. The molecule has 1 N–H and O–H groups in total. The van der Waals surface area contributed by atoms with E-state index in [1.54, 1.807) is 41.8 Å².